The molecule has 0 saturated heterocycles. The van der Waals surface area contributed by atoms with Gasteiger partial charge in [-0.2, -0.15) is 30.7 Å². The van der Waals surface area contributed by atoms with Crippen LogP contribution < -0.4 is 6.15 Å². The van der Waals surface area contributed by atoms with E-state index in [0.717, 1.165) is 0 Å². The van der Waals surface area contributed by atoms with Gasteiger partial charge in [0, 0.05) is 0 Å². The zero-order valence-electron chi connectivity index (χ0n) is 5.84. The maximum atomic E-state index is 8.45. The lowest BCUT2D eigenvalue weighted by Gasteiger charge is -1.59. The van der Waals surface area contributed by atoms with Crippen LogP contribution in [0.1, 0.15) is 0 Å². The van der Waals surface area contributed by atoms with Crippen LogP contribution >= 0.6 is 0 Å². The van der Waals surface area contributed by atoms with Crippen molar-refractivity contribution in [1.82, 2.24) is 6.15 Å². The Morgan fingerprint density at radius 2 is 0.769 bits per heavy atom. The fraction of sp³-hybridized carbons (Fsp3) is 0. The second-order valence-corrected chi connectivity index (χ2v) is 0.469. The Morgan fingerprint density at radius 3 is 0.769 bits per heavy atom. The topological polar surface area (TPSA) is 212 Å². The summed E-state index contributed by atoms with van der Waals surface area (Å²) in [6.07, 6.45) is 0. The zero-order chi connectivity index (χ0) is 10.2. The fourth-order valence-corrected chi connectivity index (χ4v) is 0. The van der Waals surface area contributed by atoms with E-state index in [1.54, 1.807) is 16.0 Å². The largest absolute Gasteiger partial charge is 0.344 e. The van der Waals surface area contributed by atoms with Crippen LogP contribution in [0.15, 0.2) is 16.0 Å². The van der Waals surface area contributed by atoms with Crippen LogP contribution in [0.3, 0.4) is 0 Å². The predicted octanol–water partition coefficient (Wildman–Crippen LogP) is 0.634. The van der Waals surface area contributed by atoms with Gasteiger partial charge in [0.2, 0.25) is 0 Å². The molecule has 0 atom stereocenters. The molecule has 13 heteroatoms. The van der Waals surface area contributed by atoms with Crippen molar-refractivity contribution < 1.29 is 30.7 Å². The average molecular weight is 206 g/mol. The Morgan fingerprint density at radius 1 is 0.692 bits per heavy atom. The number of hydrogen-bond donors (Lipinski definition) is 4. The summed E-state index contributed by atoms with van der Waals surface area (Å²) < 4.78 is 0. The molecular weight excluding hydrogens is 200 g/mol. The van der Waals surface area contributed by atoms with E-state index in [9.17, 15) is 0 Å². The first-order valence-electron chi connectivity index (χ1n) is 1.64. The van der Waals surface area contributed by atoms with Crippen LogP contribution in [0.25, 0.3) is 0 Å². The molecule has 13 heavy (non-hydrogen) atoms. The van der Waals surface area contributed by atoms with Gasteiger partial charge in [0.25, 0.3) is 0 Å². The van der Waals surface area contributed by atoms with Crippen LogP contribution in [0.4, 0.5) is 0 Å². The van der Waals surface area contributed by atoms with Crippen molar-refractivity contribution in [3.63, 3.8) is 0 Å². The van der Waals surface area contributed by atoms with Gasteiger partial charge >= 0.3 is 0 Å². The second kappa shape index (κ2) is 50.3. The quantitative estimate of drug-likeness (QED) is 0.287. The molecule has 0 rings (SSSR count). The Hall–Kier alpha value is -1.96. The van der Waals surface area contributed by atoms with E-state index in [1.807, 2.05) is 0 Å². The monoisotopic (exact) mass is 206 g/mol. The van der Waals surface area contributed by atoms with E-state index in [0.29, 0.717) is 0 Å². The van der Waals surface area contributed by atoms with Crippen LogP contribution in [0.5, 0.6) is 0 Å². The van der Waals surface area contributed by atoms with Crippen LogP contribution in [-0.2, 0) is 15.0 Å². The Balaban J connectivity index is -0.0000000450. The van der Waals surface area contributed by atoms with Crippen molar-refractivity contribution in [2.45, 2.75) is 0 Å². The van der Waals surface area contributed by atoms with E-state index in [-0.39, 0.29) is 6.15 Å². The summed E-state index contributed by atoms with van der Waals surface area (Å²) in [6, 6.07) is 0. The van der Waals surface area contributed by atoms with Crippen molar-refractivity contribution in [1.29, 1.82) is 0 Å². The molecule has 0 spiro atoms. The molecule has 0 aliphatic rings. The molecule has 0 aliphatic heterocycles. The molecule has 80 valence electrons. The number of hydrogen-bond acceptors (Lipinski definition) is 13. The minimum atomic E-state index is 0. The second-order valence-electron chi connectivity index (χ2n) is 0.469. The van der Waals surface area contributed by atoms with Crippen LogP contribution in [0.2, 0.25) is 0 Å². The molecule has 6 N–H and O–H groups in total. The van der Waals surface area contributed by atoms with Crippen molar-refractivity contribution in [2.24, 2.45) is 16.0 Å². The first-order valence-corrected chi connectivity index (χ1v) is 1.64. The molecule has 0 heterocycles. The minimum Gasteiger partial charge on any atom is -0.344 e. The average Bonchev–Trinajstić information content (AvgIpc) is 2.18. The molecule has 0 radical (unpaired) electrons. The molecule has 0 aromatic carbocycles. The van der Waals surface area contributed by atoms with Gasteiger partial charge in [0.15, 0.2) is 16.0 Å². The number of rotatable bonds is 3. The molecule has 0 amide bonds. The first kappa shape index (κ1) is 22.5. The molecule has 0 unspecified atom stereocenters. The maximum Gasteiger partial charge on any atom is 0.190 e. The highest BCUT2D eigenvalue weighted by Gasteiger charge is 1.48. The van der Waals surface area contributed by atoms with Gasteiger partial charge in [-0.3, -0.25) is 0 Å². The predicted molar refractivity (Wildman–Crippen MR) is 33.5 cm³/mol. The zero-order valence-corrected chi connectivity index (χ0v) is 5.84. The van der Waals surface area contributed by atoms with Gasteiger partial charge in [0.1, 0.15) is 0 Å². The first-order chi connectivity index (χ1) is 5.74. The van der Waals surface area contributed by atoms with Crippen LogP contribution in [-0.4, -0.2) is 15.8 Å². The molecule has 0 saturated carbocycles. The van der Waals surface area contributed by atoms with Crippen molar-refractivity contribution in [2.75, 3.05) is 0 Å². The van der Waals surface area contributed by atoms with E-state index in [2.05, 4.69) is 15.0 Å². The highest BCUT2D eigenvalue weighted by atomic mass is 17.2. The molecule has 0 aromatic heterocycles. The van der Waals surface area contributed by atoms with Gasteiger partial charge in [-0.05, 0) is 0 Å². The van der Waals surface area contributed by atoms with E-state index < -0.39 is 0 Å². The summed E-state index contributed by atoms with van der Waals surface area (Å²) in [6.45, 7) is 0. The van der Waals surface area contributed by atoms with Gasteiger partial charge < -0.3 is 6.15 Å². The summed E-state index contributed by atoms with van der Waals surface area (Å²) in [5, 5.41) is 25.3. The fourth-order valence-electron chi connectivity index (χ4n) is 0. The lowest BCUT2D eigenvalue weighted by molar-refractivity contribution is -0.245. The Labute approximate surface area is 69.0 Å². The van der Waals surface area contributed by atoms with E-state index in [1.165, 1.54) is 0 Å². The molecule has 13 nitrogen and oxygen atoms in total. The lowest BCUT2D eigenvalue weighted by atomic mass is 13.4. The Bertz CT molecular complexity index is 72.6. The summed E-state index contributed by atoms with van der Waals surface area (Å²) in [7, 11) is 0. The molecule has 0 bridgehead atoms. The third-order valence-corrected chi connectivity index (χ3v) is 0.100. The van der Waals surface area contributed by atoms with Gasteiger partial charge in [-0.25, -0.2) is 0 Å². The standard InChI is InChI=1S/3HNO3.H3N/c3*2-1-4-3;/h3*3H;1H3. The maximum absolute atomic E-state index is 8.45. The van der Waals surface area contributed by atoms with Crippen molar-refractivity contribution >= 4 is 0 Å². The van der Waals surface area contributed by atoms with Gasteiger partial charge in [0.05, 0.1) is 0 Å². The van der Waals surface area contributed by atoms with E-state index >= 15 is 0 Å². The van der Waals surface area contributed by atoms with Crippen molar-refractivity contribution in [3.05, 3.63) is 14.7 Å². The highest BCUT2D eigenvalue weighted by molar-refractivity contribution is 3.86. The molecule has 0 aromatic rings. The highest BCUT2D eigenvalue weighted by Crippen LogP contribution is 1.51. The normalized spacial score (nSPS) is 4.85. The molecule has 0 aliphatic carbocycles. The molecule has 0 fully saturated rings. The third kappa shape index (κ3) is 600. The van der Waals surface area contributed by atoms with Crippen molar-refractivity contribution in [3.8, 4) is 0 Å². The summed E-state index contributed by atoms with van der Waals surface area (Å²) in [4.78, 5) is 33.2. The van der Waals surface area contributed by atoms with E-state index in [4.69, 9.17) is 30.5 Å². The van der Waals surface area contributed by atoms with Crippen LogP contribution in [0, 0.1) is 14.7 Å². The number of nitrogens with zero attached hydrogens (tertiary/aromatic N) is 3. The molecular formula is H6N4O9. The lowest BCUT2D eigenvalue weighted by Crippen LogP contribution is -1.56. The summed E-state index contributed by atoms with van der Waals surface area (Å²) in [5.74, 6) is 0. The minimum absolute atomic E-state index is 0. The smallest absolute Gasteiger partial charge is 0.190 e. The van der Waals surface area contributed by atoms with Gasteiger partial charge in [-0.15, -0.1) is 14.7 Å². The summed E-state index contributed by atoms with van der Waals surface area (Å²) >= 11 is 0. The SMILES string of the molecule is N.O=NOO.O=NOO.O=NOO. The van der Waals surface area contributed by atoms with Gasteiger partial charge in [-0.1, -0.05) is 0 Å². The Kier molecular flexibility index (Phi) is 86.8. The summed E-state index contributed by atoms with van der Waals surface area (Å²) in [5.41, 5.74) is 0. The third-order valence-electron chi connectivity index (χ3n) is 0.100.